The van der Waals surface area contributed by atoms with Crippen molar-refractivity contribution in [1.29, 1.82) is 5.26 Å². The Kier molecular flexibility index (Phi) is 3.34. The highest BCUT2D eigenvalue weighted by molar-refractivity contribution is 5.60. The van der Waals surface area contributed by atoms with Gasteiger partial charge in [-0.25, -0.2) is 4.68 Å². The van der Waals surface area contributed by atoms with Gasteiger partial charge >= 0.3 is 0 Å². The van der Waals surface area contributed by atoms with Crippen LogP contribution in [0.1, 0.15) is 5.56 Å². The normalized spacial score (nSPS) is 10.1. The highest BCUT2D eigenvalue weighted by Crippen LogP contribution is 2.23. The number of rotatable bonds is 3. The average Bonchev–Trinajstić information content (AvgIpc) is 3.04. The summed E-state index contributed by atoms with van der Waals surface area (Å²) in [5, 5.41) is 27.8. The number of hydrogen-bond acceptors (Lipinski definition) is 5. The molecule has 0 amide bonds. The van der Waals surface area contributed by atoms with Crippen LogP contribution in [0.3, 0.4) is 0 Å². The maximum atomic E-state index is 11.1. The Bertz CT molecular complexity index is 877. The molecule has 0 radical (unpaired) electrons. The molecule has 0 saturated carbocycles. The van der Waals surface area contributed by atoms with Crippen molar-refractivity contribution in [1.82, 2.24) is 15.0 Å². The van der Waals surface area contributed by atoms with E-state index >= 15 is 0 Å². The largest absolute Gasteiger partial charge is 0.294 e. The lowest BCUT2D eigenvalue weighted by Crippen LogP contribution is -2.00. The highest BCUT2D eigenvalue weighted by atomic mass is 16.6. The van der Waals surface area contributed by atoms with E-state index in [4.69, 9.17) is 5.26 Å². The van der Waals surface area contributed by atoms with E-state index in [1.165, 1.54) is 10.7 Å². The lowest BCUT2D eigenvalue weighted by atomic mass is 10.1. The van der Waals surface area contributed by atoms with Gasteiger partial charge in [0.1, 0.15) is 11.4 Å². The van der Waals surface area contributed by atoms with Crippen LogP contribution in [0, 0.1) is 21.4 Å². The Labute approximate surface area is 125 Å². The van der Waals surface area contributed by atoms with Gasteiger partial charge in [0, 0.05) is 11.6 Å². The minimum absolute atomic E-state index is 0.0428. The van der Waals surface area contributed by atoms with E-state index in [0.29, 0.717) is 16.9 Å². The third-order valence-electron chi connectivity index (χ3n) is 3.13. The fourth-order valence-corrected chi connectivity index (χ4v) is 2.04. The van der Waals surface area contributed by atoms with Crippen LogP contribution in [-0.2, 0) is 0 Å². The van der Waals surface area contributed by atoms with Crippen LogP contribution in [0.5, 0.6) is 0 Å². The fraction of sp³-hybridized carbons (Fsp3) is 0. The van der Waals surface area contributed by atoms with Gasteiger partial charge in [-0.15, -0.1) is 5.10 Å². The Morgan fingerprint density at radius 2 is 1.86 bits per heavy atom. The summed E-state index contributed by atoms with van der Waals surface area (Å²) in [6.45, 7) is 0. The molecular weight excluding hydrogens is 282 g/mol. The van der Waals surface area contributed by atoms with Crippen molar-refractivity contribution in [3.8, 4) is 23.0 Å². The highest BCUT2D eigenvalue weighted by Gasteiger charge is 2.16. The van der Waals surface area contributed by atoms with E-state index in [1.54, 1.807) is 48.7 Å². The molecule has 0 bridgehead atoms. The van der Waals surface area contributed by atoms with Gasteiger partial charge in [-0.05, 0) is 18.2 Å². The number of para-hydroxylation sites is 2. The molecule has 106 valence electrons. The fourth-order valence-electron chi connectivity index (χ4n) is 2.04. The molecule has 3 aromatic rings. The zero-order chi connectivity index (χ0) is 15.5. The molecule has 7 nitrogen and oxygen atoms in total. The van der Waals surface area contributed by atoms with E-state index in [1.807, 2.05) is 6.07 Å². The summed E-state index contributed by atoms with van der Waals surface area (Å²) in [6.07, 6.45) is 1.61. The van der Waals surface area contributed by atoms with Crippen LogP contribution in [0.4, 0.5) is 5.69 Å². The molecule has 1 aromatic heterocycles. The number of nitro benzene ring substituents is 1. The molecule has 0 fully saturated rings. The molecule has 22 heavy (non-hydrogen) atoms. The second-order valence-corrected chi connectivity index (χ2v) is 4.48. The van der Waals surface area contributed by atoms with Crippen molar-refractivity contribution in [2.24, 2.45) is 0 Å². The van der Waals surface area contributed by atoms with Crippen LogP contribution in [-0.4, -0.2) is 19.9 Å². The molecule has 0 atom stereocenters. The Balaban J connectivity index is 2.01. The Morgan fingerprint density at radius 3 is 2.55 bits per heavy atom. The summed E-state index contributed by atoms with van der Waals surface area (Å²) in [6, 6.07) is 15.2. The molecule has 0 unspecified atom stereocenters. The van der Waals surface area contributed by atoms with Crippen LogP contribution in [0.15, 0.2) is 54.7 Å². The van der Waals surface area contributed by atoms with Crippen molar-refractivity contribution >= 4 is 5.69 Å². The van der Waals surface area contributed by atoms with Crippen LogP contribution in [0.2, 0.25) is 0 Å². The van der Waals surface area contributed by atoms with E-state index in [9.17, 15) is 10.1 Å². The van der Waals surface area contributed by atoms with Gasteiger partial charge in [-0.3, -0.25) is 10.1 Å². The van der Waals surface area contributed by atoms with Crippen molar-refractivity contribution in [2.75, 3.05) is 0 Å². The molecule has 0 aliphatic heterocycles. The summed E-state index contributed by atoms with van der Waals surface area (Å²) in [5.41, 5.74) is 2.21. The zero-order valence-corrected chi connectivity index (χ0v) is 11.2. The second kappa shape index (κ2) is 5.46. The first-order valence-corrected chi connectivity index (χ1v) is 6.36. The first-order valence-electron chi connectivity index (χ1n) is 6.36. The van der Waals surface area contributed by atoms with Gasteiger partial charge in [-0.2, -0.15) is 5.26 Å². The zero-order valence-electron chi connectivity index (χ0n) is 11.2. The first kappa shape index (κ1) is 13.5. The number of aromatic nitrogens is 3. The molecular formula is C15H9N5O2. The van der Waals surface area contributed by atoms with Crippen LogP contribution < -0.4 is 0 Å². The standard InChI is InChI=1S/C15H9N5O2/c16-9-11-5-7-12(8-6-11)13-10-19(18-17-13)14-3-1-2-4-15(14)20(21)22/h1-8,10H. The van der Waals surface area contributed by atoms with Gasteiger partial charge < -0.3 is 0 Å². The van der Waals surface area contributed by atoms with Gasteiger partial charge in [0.25, 0.3) is 5.69 Å². The minimum atomic E-state index is -0.460. The molecule has 3 rings (SSSR count). The first-order chi connectivity index (χ1) is 10.7. The number of hydrogen-bond donors (Lipinski definition) is 0. The molecule has 1 heterocycles. The number of benzene rings is 2. The van der Waals surface area contributed by atoms with Crippen LogP contribution in [0.25, 0.3) is 16.9 Å². The summed E-state index contributed by atoms with van der Waals surface area (Å²) in [4.78, 5) is 10.6. The average molecular weight is 291 g/mol. The monoisotopic (exact) mass is 291 g/mol. The summed E-state index contributed by atoms with van der Waals surface area (Å²) >= 11 is 0. The van der Waals surface area contributed by atoms with Crippen LogP contribution >= 0.6 is 0 Å². The maximum Gasteiger partial charge on any atom is 0.294 e. The topological polar surface area (TPSA) is 97.6 Å². The third kappa shape index (κ3) is 2.41. The summed E-state index contributed by atoms with van der Waals surface area (Å²) < 4.78 is 1.37. The minimum Gasteiger partial charge on any atom is -0.258 e. The molecule has 7 heteroatoms. The van der Waals surface area contributed by atoms with Gasteiger partial charge in [0.15, 0.2) is 0 Å². The third-order valence-corrected chi connectivity index (χ3v) is 3.13. The predicted octanol–water partition coefficient (Wildman–Crippen LogP) is 2.71. The summed E-state index contributed by atoms with van der Waals surface area (Å²) in [7, 11) is 0. The number of nitriles is 1. The Morgan fingerprint density at radius 1 is 1.14 bits per heavy atom. The smallest absolute Gasteiger partial charge is 0.258 e. The van der Waals surface area contributed by atoms with E-state index in [2.05, 4.69) is 10.3 Å². The Hall–Kier alpha value is -3.53. The molecule has 0 saturated heterocycles. The molecule has 0 N–H and O–H groups in total. The molecule has 0 aliphatic carbocycles. The SMILES string of the molecule is N#Cc1ccc(-c2cn(-c3ccccc3[N+](=O)[O-])nn2)cc1. The number of nitro groups is 1. The lowest BCUT2D eigenvalue weighted by molar-refractivity contribution is -0.384. The van der Waals surface area contributed by atoms with Crippen molar-refractivity contribution in [3.05, 3.63) is 70.4 Å². The maximum absolute atomic E-state index is 11.1. The second-order valence-electron chi connectivity index (χ2n) is 4.48. The van der Waals surface area contributed by atoms with Crippen molar-refractivity contribution < 1.29 is 4.92 Å². The van der Waals surface area contributed by atoms with Crippen molar-refractivity contribution in [3.63, 3.8) is 0 Å². The molecule has 0 aliphatic rings. The lowest BCUT2D eigenvalue weighted by Gasteiger charge is -2.00. The van der Waals surface area contributed by atoms with Gasteiger partial charge in [-0.1, -0.05) is 29.5 Å². The van der Waals surface area contributed by atoms with Crippen molar-refractivity contribution in [2.45, 2.75) is 0 Å². The number of nitrogens with zero attached hydrogens (tertiary/aromatic N) is 5. The van der Waals surface area contributed by atoms with E-state index < -0.39 is 4.92 Å². The molecule has 2 aromatic carbocycles. The molecule has 0 spiro atoms. The quantitative estimate of drug-likeness (QED) is 0.546. The van der Waals surface area contributed by atoms with Gasteiger partial charge in [0.05, 0.1) is 22.8 Å². The predicted molar refractivity (Wildman–Crippen MR) is 78.2 cm³/mol. The van der Waals surface area contributed by atoms with E-state index in [0.717, 1.165) is 5.56 Å². The van der Waals surface area contributed by atoms with E-state index in [-0.39, 0.29) is 5.69 Å². The van der Waals surface area contributed by atoms with Gasteiger partial charge in [0.2, 0.25) is 0 Å². The summed E-state index contributed by atoms with van der Waals surface area (Å²) in [5.74, 6) is 0.